The van der Waals surface area contributed by atoms with Gasteiger partial charge < -0.3 is 4.74 Å². The van der Waals surface area contributed by atoms with E-state index in [1.807, 2.05) is 32.0 Å². The van der Waals surface area contributed by atoms with Crippen LogP contribution in [0, 0.1) is 25.5 Å². The Kier molecular flexibility index (Phi) is 5.63. The van der Waals surface area contributed by atoms with E-state index in [-0.39, 0.29) is 17.9 Å². The summed E-state index contributed by atoms with van der Waals surface area (Å²) < 4.78 is 31.9. The van der Waals surface area contributed by atoms with Crippen molar-refractivity contribution in [1.29, 1.82) is 0 Å². The molecule has 0 aromatic heterocycles. The molecule has 0 bridgehead atoms. The highest BCUT2D eigenvalue weighted by atomic mass is 19.1. The SMILES string of the molecule is C/C(=N\NC(=O)COc1cc(C)cc(C)c1)c1ccc(F)cc1F. The number of carbonyl (C=O) groups excluding carboxylic acids is 1. The van der Waals surface area contributed by atoms with Crippen molar-refractivity contribution in [2.24, 2.45) is 5.10 Å². The summed E-state index contributed by atoms with van der Waals surface area (Å²) in [4.78, 5) is 11.8. The average molecular weight is 332 g/mol. The fraction of sp³-hybridized carbons (Fsp3) is 0.222. The minimum atomic E-state index is -0.739. The monoisotopic (exact) mass is 332 g/mol. The van der Waals surface area contributed by atoms with Crippen molar-refractivity contribution in [3.05, 3.63) is 64.7 Å². The number of hydrogen-bond donors (Lipinski definition) is 1. The van der Waals surface area contributed by atoms with E-state index in [1.54, 1.807) is 0 Å². The van der Waals surface area contributed by atoms with Crippen LogP contribution in [0.25, 0.3) is 0 Å². The van der Waals surface area contributed by atoms with Crippen LogP contribution in [0.15, 0.2) is 41.5 Å². The predicted octanol–water partition coefficient (Wildman–Crippen LogP) is 3.50. The molecule has 1 amide bonds. The summed E-state index contributed by atoms with van der Waals surface area (Å²) in [6.45, 7) is 5.17. The lowest BCUT2D eigenvalue weighted by atomic mass is 10.1. The van der Waals surface area contributed by atoms with Crippen LogP contribution in [0.2, 0.25) is 0 Å². The zero-order chi connectivity index (χ0) is 17.7. The topological polar surface area (TPSA) is 50.7 Å². The van der Waals surface area contributed by atoms with E-state index in [1.165, 1.54) is 13.0 Å². The van der Waals surface area contributed by atoms with Gasteiger partial charge in [0.1, 0.15) is 17.4 Å². The lowest BCUT2D eigenvalue weighted by Crippen LogP contribution is -2.25. The first-order valence-corrected chi connectivity index (χ1v) is 7.35. The highest BCUT2D eigenvalue weighted by Crippen LogP contribution is 2.16. The summed E-state index contributed by atoms with van der Waals surface area (Å²) in [5.41, 5.74) is 4.70. The summed E-state index contributed by atoms with van der Waals surface area (Å²) in [7, 11) is 0. The molecule has 4 nitrogen and oxygen atoms in total. The Morgan fingerprint density at radius 1 is 1.12 bits per heavy atom. The Morgan fingerprint density at radius 2 is 1.79 bits per heavy atom. The Balaban J connectivity index is 1.94. The van der Waals surface area contributed by atoms with Crippen molar-refractivity contribution in [2.75, 3.05) is 6.61 Å². The zero-order valence-electron chi connectivity index (χ0n) is 13.7. The molecule has 0 fully saturated rings. The number of rotatable bonds is 5. The van der Waals surface area contributed by atoms with Crippen LogP contribution in [-0.4, -0.2) is 18.2 Å². The van der Waals surface area contributed by atoms with E-state index in [0.29, 0.717) is 5.75 Å². The first-order valence-electron chi connectivity index (χ1n) is 7.35. The fourth-order valence-corrected chi connectivity index (χ4v) is 2.19. The van der Waals surface area contributed by atoms with Gasteiger partial charge in [-0.1, -0.05) is 6.07 Å². The summed E-state index contributed by atoms with van der Waals surface area (Å²) in [5.74, 6) is -1.30. The number of hydrogen-bond acceptors (Lipinski definition) is 3. The first-order chi connectivity index (χ1) is 11.3. The first kappa shape index (κ1) is 17.6. The Bertz CT molecular complexity index is 768. The quantitative estimate of drug-likeness (QED) is 0.673. The van der Waals surface area contributed by atoms with Gasteiger partial charge in [0.25, 0.3) is 5.91 Å². The van der Waals surface area contributed by atoms with E-state index in [4.69, 9.17) is 4.74 Å². The molecular formula is C18H18F2N2O2. The highest BCUT2D eigenvalue weighted by molar-refractivity contribution is 5.99. The smallest absolute Gasteiger partial charge is 0.277 e. The van der Waals surface area contributed by atoms with Crippen LogP contribution in [0.5, 0.6) is 5.75 Å². The molecule has 0 aliphatic carbocycles. The molecule has 0 radical (unpaired) electrons. The van der Waals surface area contributed by atoms with Crippen LogP contribution in [-0.2, 0) is 4.79 Å². The Labute approximate surface area is 139 Å². The molecular weight excluding hydrogens is 314 g/mol. The van der Waals surface area contributed by atoms with Gasteiger partial charge in [-0.05, 0) is 56.2 Å². The summed E-state index contributed by atoms with van der Waals surface area (Å²) in [6.07, 6.45) is 0. The molecule has 0 saturated heterocycles. The van der Waals surface area contributed by atoms with Crippen LogP contribution in [0.4, 0.5) is 8.78 Å². The van der Waals surface area contributed by atoms with Crippen molar-refractivity contribution >= 4 is 11.6 Å². The Hall–Kier alpha value is -2.76. The van der Waals surface area contributed by atoms with Crippen molar-refractivity contribution in [2.45, 2.75) is 20.8 Å². The molecule has 2 aromatic carbocycles. The summed E-state index contributed by atoms with van der Waals surface area (Å²) in [5, 5.41) is 3.81. The van der Waals surface area contributed by atoms with Crippen LogP contribution >= 0.6 is 0 Å². The van der Waals surface area contributed by atoms with Gasteiger partial charge in [-0.2, -0.15) is 5.10 Å². The number of hydrazone groups is 1. The molecule has 0 unspecified atom stereocenters. The van der Waals surface area contributed by atoms with Gasteiger partial charge >= 0.3 is 0 Å². The van der Waals surface area contributed by atoms with Crippen LogP contribution in [0.3, 0.4) is 0 Å². The van der Waals surface area contributed by atoms with E-state index >= 15 is 0 Å². The van der Waals surface area contributed by atoms with Gasteiger partial charge in [0.2, 0.25) is 0 Å². The number of amides is 1. The third kappa shape index (κ3) is 4.87. The minimum Gasteiger partial charge on any atom is -0.484 e. The van der Waals surface area contributed by atoms with Gasteiger partial charge in [0, 0.05) is 11.6 Å². The van der Waals surface area contributed by atoms with Crippen molar-refractivity contribution in [3.8, 4) is 5.75 Å². The lowest BCUT2D eigenvalue weighted by molar-refractivity contribution is -0.123. The molecule has 0 atom stereocenters. The molecule has 0 saturated carbocycles. The number of halogens is 2. The number of nitrogens with one attached hydrogen (secondary N) is 1. The van der Waals surface area contributed by atoms with Crippen molar-refractivity contribution in [3.63, 3.8) is 0 Å². The molecule has 1 N–H and O–H groups in total. The summed E-state index contributed by atoms with van der Waals surface area (Å²) in [6, 6.07) is 8.80. The number of ether oxygens (including phenoxy) is 1. The van der Waals surface area contributed by atoms with Crippen LogP contribution < -0.4 is 10.2 Å². The normalized spacial score (nSPS) is 11.3. The molecule has 0 aliphatic heterocycles. The number of aryl methyl sites for hydroxylation is 2. The maximum absolute atomic E-state index is 13.6. The fourth-order valence-electron chi connectivity index (χ4n) is 2.19. The van der Waals surface area contributed by atoms with Crippen LogP contribution in [0.1, 0.15) is 23.6 Å². The van der Waals surface area contributed by atoms with Crippen molar-refractivity contribution in [1.82, 2.24) is 5.43 Å². The second-order valence-electron chi connectivity index (χ2n) is 5.47. The lowest BCUT2D eigenvalue weighted by Gasteiger charge is -2.08. The molecule has 0 heterocycles. The van der Waals surface area contributed by atoms with E-state index in [0.717, 1.165) is 23.3 Å². The molecule has 126 valence electrons. The summed E-state index contributed by atoms with van der Waals surface area (Å²) >= 11 is 0. The van der Waals surface area contributed by atoms with E-state index < -0.39 is 17.5 Å². The largest absolute Gasteiger partial charge is 0.484 e. The van der Waals surface area contributed by atoms with Gasteiger partial charge in [-0.3, -0.25) is 4.79 Å². The van der Waals surface area contributed by atoms with E-state index in [9.17, 15) is 13.6 Å². The van der Waals surface area contributed by atoms with Gasteiger partial charge in [0.05, 0.1) is 5.71 Å². The number of benzene rings is 2. The molecule has 24 heavy (non-hydrogen) atoms. The second-order valence-corrected chi connectivity index (χ2v) is 5.47. The van der Waals surface area contributed by atoms with Gasteiger partial charge in [-0.25, -0.2) is 14.2 Å². The van der Waals surface area contributed by atoms with E-state index in [2.05, 4.69) is 10.5 Å². The zero-order valence-corrected chi connectivity index (χ0v) is 13.7. The molecule has 0 aliphatic rings. The average Bonchev–Trinajstić information content (AvgIpc) is 2.49. The molecule has 2 rings (SSSR count). The Morgan fingerprint density at radius 3 is 2.42 bits per heavy atom. The maximum atomic E-state index is 13.6. The third-order valence-corrected chi connectivity index (χ3v) is 3.23. The number of nitrogens with zero attached hydrogens (tertiary/aromatic N) is 1. The van der Waals surface area contributed by atoms with Crippen molar-refractivity contribution < 1.29 is 18.3 Å². The minimum absolute atomic E-state index is 0.118. The van der Waals surface area contributed by atoms with Gasteiger partial charge in [-0.15, -0.1) is 0 Å². The molecule has 0 spiro atoms. The van der Waals surface area contributed by atoms with Gasteiger partial charge in [0.15, 0.2) is 6.61 Å². The predicted molar refractivity (Wildman–Crippen MR) is 88.1 cm³/mol. The second kappa shape index (κ2) is 7.68. The molecule has 2 aromatic rings. The standard InChI is InChI=1S/C18H18F2N2O2/c1-11-6-12(2)8-15(7-11)24-10-18(23)22-21-13(3)16-5-4-14(19)9-17(16)20/h4-9H,10H2,1-3H3,(H,22,23)/b21-13+. The number of carbonyl (C=O) groups is 1. The highest BCUT2D eigenvalue weighted by Gasteiger charge is 2.08. The maximum Gasteiger partial charge on any atom is 0.277 e. The third-order valence-electron chi connectivity index (χ3n) is 3.23. The molecule has 6 heteroatoms.